The number of nitrogens with zero attached hydrogens (tertiary/aromatic N) is 1. The van der Waals surface area contributed by atoms with E-state index in [1.165, 1.54) is 0 Å². The molecule has 0 bridgehead atoms. The predicted molar refractivity (Wildman–Crippen MR) is 67.5 cm³/mol. The van der Waals surface area contributed by atoms with E-state index in [2.05, 4.69) is 0 Å². The Morgan fingerprint density at radius 1 is 1.29 bits per heavy atom. The van der Waals surface area contributed by atoms with E-state index in [1.807, 2.05) is 0 Å². The quantitative estimate of drug-likeness (QED) is 0.933. The Morgan fingerprint density at radius 2 is 1.95 bits per heavy atom. The second-order valence-corrected chi connectivity index (χ2v) is 4.89. The van der Waals surface area contributed by atoms with Gasteiger partial charge in [0.25, 0.3) is 0 Å². The Balaban J connectivity index is 2.20. The number of hydrogen-bond acceptors (Lipinski definition) is 2. The van der Waals surface area contributed by atoms with Crippen molar-refractivity contribution < 1.29 is 27.9 Å². The number of carboxylic acid groups (broad SMARTS) is 1. The van der Waals surface area contributed by atoms with Crippen molar-refractivity contribution in [2.45, 2.75) is 31.5 Å². The molecule has 1 amide bonds. The Bertz CT molecular complexity index is 557. The smallest absolute Gasteiger partial charge is 0.389 e. The van der Waals surface area contributed by atoms with Crippen LogP contribution in [-0.4, -0.2) is 34.6 Å². The zero-order valence-electron chi connectivity index (χ0n) is 11.1. The topological polar surface area (TPSA) is 57.6 Å². The average Bonchev–Trinajstić information content (AvgIpc) is 2.42. The van der Waals surface area contributed by atoms with E-state index in [4.69, 9.17) is 0 Å². The number of amides is 1. The van der Waals surface area contributed by atoms with Gasteiger partial charge in [0.15, 0.2) is 6.04 Å². The third kappa shape index (κ3) is 3.53. The number of carboxylic acids is 1. The summed E-state index contributed by atoms with van der Waals surface area (Å²) in [5.74, 6) is -2.02. The van der Waals surface area contributed by atoms with Gasteiger partial charge in [-0.1, -0.05) is 24.3 Å². The van der Waals surface area contributed by atoms with Crippen LogP contribution in [0.5, 0.6) is 0 Å². The zero-order valence-corrected chi connectivity index (χ0v) is 11.1. The number of rotatable bonds is 3. The first-order valence-corrected chi connectivity index (χ1v) is 6.46. The summed E-state index contributed by atoms with van der Waals surface area (Å²) < 4.78 is 36.6. The zero-order chi connectivity index (χ0) is 15.6. The first-order chi connectivity index (χ1) is 9.79. The van der Waals surface area contributed by atoms with Crippen LogP contribution in [0.3, 0.4) is 0 Å². The minimum Gasteiger partial charge on any atom is -0.479 e. The lowest BCUT2D eigenvalue weighted by Crippen LogP contribution is -2.43. The molecule has 21 heavy (non-hydrogen) atoms. The predicted octanol–water partition coefficient (Wildman–Crippen LogP) is 2.54. The molecule has 0 aromatic heterocycles. The fourth-order valence-corrected chi connectivity index (χ4v) is 2.49. The van der Waals surface area contributed by atoms with Gasteiger partial charge in [-0.2, -0.15) is 13.2 Å². The lowest BCUT2D eigenvalue weighted by atomic mass is 9.92. The fourth-order valence-electron chi connectivity index (χ4n) is 2.49. The SMILES string of the molecule is O=C(O)C1c2ccccc2CCN1C(=O)CCC(F)(F)F. The normalized spacial score (nSPS) is 18.2. The van der Waals surface area contributed by atoms with Crippen LogP contribution in [-0.2, 0) is 16.0 Å². The van der Waals surface area contributed by atoms with Crippen molar-refractivity contribution >= 4 is 11.9 Å². The summed E-state index contributed by atoms with van der Waals surface area (Å²) in [5, 5.41) is 9.32. The molecule has 0 radical (unpaired) electrons. The number of fused-ring (bicyclic) bond motifs is 1. The highest BCUT2D eigenvalue weighted by atomic mass is 19.4. The molecule has 1 N–H and O–H groups in total. The van der Waals surface area contributed by atoms with E-state index in [-0.39, 0.29) is 6.54 Å². The minimum atomic E-state index is -4.43. The maximum Gasteiger partial charge on any atom is 0.389 e. The summed E-state index contributed by atoms with van der Waals surface area (Å²) in [6, 6.07) is 5.56. The summed E-state index contributed by atoms with van der Waals surface area (Å²) in [6.07, 6.45) is -5.95. The summed E-state index contributed by atoms with van der Waals surface area (Å²) >= 11 is 0. The molecule has 0 saturated carbocycles. The highest BCUT2D eigenvalue weighted by Crippen LogP contribution is 2.31. The van der Waals surface area contributed by atoms with E-state index < -0.39 is 36.9 Å². The second kappa shape index (κ2) is 5.75. The first-order valence-electron chi connectivity index (χ1n) is 6.46. The largest absolute Gasteiger partial charge is 0.479 e. The van der Waals surface area contributed by atoms with E-state index in [9.17, 15) is 27.9 Å². The van der Waals surface area contributed by atoms with Crippen LogP contribution in [0.15, 0.2) is 24.3 Å². The van der Waals surface area contributed by atoms with Gasteiger partial charge in [-0.05, 0) is 17.5 Å². The molecule has 0 saturated heterocycles. The van der Waals surface area contributed by atoms with Crippen molar-refractivity contribution in [3.05, 3.63) is 35.4 Å². The molecule has 1 unspecified atom stereocenters. The molecule has 0 fully saturated rings. The number of alkyl halides is 3. The third-order valence-corrected chi connectivity index (χ3v) is 3.46. The van der Waals surface area contributed by atoms with Gasteiger partial charge in [-0.3, -0.25) is 4.79 Å². The highest BCUT2D eigenvalue weighted by molar-refractivity contribution is 5.85. The van der Waals surface area contributed by atoms with Crippen LogP contribution >= 0.6 is 0 Å². The van der Waals surface area contributed by atoms with Crippen molar-refractivity contribution in [1.29, 1.82) is 0 Å². The lowest BCUT2D eigenvalue weighted by molar-refractivity contribution is -0.156. The Morgan fingerprint density at radius 3 is 2.57 bits per heavy atom. The number of carbonyl (C=O) groups is 2. The van der Waals surface area contributed by atoms with Gasteiger partial charge >= 0.3 is 12.1 Å². The lowest BCUT2D eigenvalue weighted by Gasteiger charge is -2.35. The summed E-state index contributed by atoms with van der Waals surface area (Å²) in [5.41, 5.74) is 1.28. The van der Waals surface area contributed by atoms with Gasteiger partial charge in [-0.25, -0.2) is 4.79 Å². The molecule has 0 spiro atoms. The molecule has 1 heterocycles. The fraction of sp³-hybridized carbons (Fsp3) is 0.429. The van der Waals surface area contributed by atoms with Gasteiger partial charge in [0.1, 0.15) is 0 Å². The number of hydrogen-bond donors (Lipinski definition) is 1. The monoisotopic (exact) mass is 301 g/mol. The van der Waals surface area contributed by atoms with E-state index in [0.29, 0.717) is 12.0 Å². The molecule has 0 aliphatic carbocycles. The second-order valence-electron chi connectivity index (χ2n) is 4.89. The van der Waals surface area contributed by atoms with Gasteiger partial charge < -0.3 is 10.0 Å². The van der Waals surface area contributed by atoms with Crippen LogP contribution in [0.4, 0.5) is 13.2 Å². The van der Waals surface area contributed by atoms with Gasteiger partial charge in [0.2, 0.25) is 5.91 Å². The number of carbonyl (C=O) groups excluding carboxylic acids is 1. The van der Waals surface area contributed by atoms with Gasteiger partial charge in [0, 0.05) is 13.0 Å². The maximum atomic E-state index is 12.2. The number of benzene rings is 1. The molecular formula is C14H14F3NO3. The van der Waals surface area contributed by atoms with Crippen molar-refractivity contribution in [1.82, 2.24) is 4.90 Å². The standard InChI is InChI=1S/C14H14F3NO3/c15-14(16,17)7-5-11(19)18-8-6-9-3-1-2-4-10(9)12(18)13(20)21/h1-4,12H,5-8H2,(H,20,21). The summed E-state index contributed by atoms with van der Waals surface area (Å²) in [7, 11) is 0. The first kappa shape index (κ1) is 15.3. The van der Waals surface area contributed by atoms with E-state index >= 15 is 0 Å². The molecule has 114 valence electrons. The molecular weight excluding hydrogens is 287 g/mol. The van der Waals surface area contributed by atoms with Gasteiger partial charge in [0.05, 0.1) is 6.42 Å². The third-order valence-electron chi connectivity index (χ3n) is 3.46. The summed E-state index contributed by atoms with van der Waals surface area (Å²) in [6.45, 7) is 0.116. The van der Waals surface area contributed by atoms with Crippen molar-refractivity contribution in [2.24, 2.45) is 0 Å². The Labute approximate surface area is 119 Å². The van der Waals surface area contributed by atoms with Crippen LogP contribution in [0.25, 0.3) is 0 Å². The highest BCUT2D eigenvalue weighted by Gasteiger charge is 2.37. The molecule has 4 nitrogen and oxygen atoms in total. The van der Waals surface area contributed by atoms with Crippen molar-refractivity contribution in [2.75, 3.05) is 6.54 Å². The average molecular weight is 301 g/mol. The van der Waals surface area contributed by atoms with Crippen molar-refractivity contribution in [3.8, 4) is 0 Å². The Kier molecular flexibility index (Phi) is 4.20. The van der Waals surface area contributed by atoms with Crippen LogP contribution in [0.1, 0.15) is 30.0 Å². The van der Waals surface area contributed by atoms with E-state index in [1.54, 1.807) is 24.3 Å². The minimum absolute atomic E-state index is 0.116. The molecule has 7 heteroatoms. The maximum absolute atomic E-state index is 12.2. The van der Waals surface area contributed by atoms with Crippen LogP contribution in [0.2, 0.25) is 0 Å². The summed E-state index contributed by atoms with van der Waals surface area (Å²) in [4.78, 5) is 24.4. The number of halogens is 3. The van der Waals surface area contributed by atoms with E-state index in [0.717, 1.165) is 10.5 Å². The Hall–Kier alpha value is -2.05. The van der Waals surface area contributed by atoms with Crippen LogP contribution < -0.4 is 0 Å². The molecule has 1 aliphatic heterocycles. The molecule has 2 rings (SSSR count). The van der Waals surface area contributed by atoms with Gasteiger partial charge in [-0.15, -0.1) is 0 Å². The molecule has 1 aromatic rings. The molecule has 1 atom stereocenters. The molecule has 1 aromatic carbocycles. The van der Waals surface area contributed by atoms with Crippen LogP contribution in [0, 0.1) is 0 Å². The number of aliphatic carboxylic acids is 1. The van der Waals surface area contributed by atoms with Crippen molar-refractivity contribution in [3.63, 3.8) is 0 Å². The molecule has 1 aliphatic rings.